The number of hydrogen-bond donors (Lipinski definition) is 2. The molecule has 1 aliphatic rings. The van der Waals surface area contributed by atoms with Crippen molar-refractivity contribution in [1.82, 2.24) is 5.32 Å². The van der Waals surface area contributed by atoms with Gasteiger partial charge in [0.15, 0.2) is 0 Å². The van der Waals surface area contributed by atoms with Crippen LogP contribution in [0.15, 0.2) is 0 Å². The average molecular weight is 285 g/mol. The molecule has 4 nitrogen and oxygen atoms in total. The highest BCUT2D eigenvalue weighted by Gasteiger charge is 2.24. The van der Waals surface area contributed by atoms with E-state index >= 15 is 0 Å². The van der Waals surface area contributed by atoms with E-state index < -0.39 is 12.2 Å². The van der Waals surface area contributed by atoms with E-state index in [1.165, 1.54) is 12.8 Å². The number of aliphatic hydroxyl groups excluding tert-OH is 1. The molecule has 0 aromatic rings. The second-order valence-electron chi connectivity index (χ2n) is 6.70. The van der Waals surface area contributed by atoms with E-state index in [1.807, 2.05) is 0 Å². The molecular formula is C16H31NO3. The fraction of sp³-hybridized carbons (Fsp3) is 0.938. The summed E-state index contributed by atoms with van der Waals surface area (Å²) in [6, 6.07) is 0. The molecular weight excluding hydrogens is 254 g/mol. The van der Waals surface area contributed by atoms with Crippen LogP contribution in [0.3, 0.4) is 0 Å². The first-order valence-electron chi connectivity index (χ1n) is 7.99. The van der Waals surface area contributed by atoms with Crippen LogP contribution in [0.5, 0.6) is 0 Å². The maximum Gasteiger partial charge on any atom is 0.248 e. The number of rotatable bonds is 7. The van der Waals surface area contributed by atoms with Crippen molar-refractivity contribution < 1.29 is 14.6 Å². The second kappa shape index (κ2) is 8.63. The van der Waals surface area contributed by atoms with Crippen LogP contribution in [0.25, 0.3) is 0 Å². The number of ether oxygens (including phenoxy) is 1. The largest absolute Gasteiger partial charge is 0.391 e. The molecule has 4 atom stereocenters. The smallest absolute Gasteiger partial charge is 0.248 e. The lowest BCUT2D eigenvalue weighted by Gasteiger charge is -2.29. The van der Waals surface area contributed by atoms with E-state index in [2.05, 4.69) is 26.1 Å². The third-order valence-corrected chi connectivity index (χ3v) is 3.91. The van der Waals surface area contributed by atoms with Gasteiger partial charge in [-0.2, -0.15) is 0 Å². The summed E-state index contributed by atoms with van der Waals surface area (Å²) in [6.45, 7) is 8.46. The summed E-state index contributed by atoms with van der Waals surface area (Å²) < 4.78 is 5.84. The molecule has 0 aromatic carbocycles. The number of carbonyl (C=O) groups excluding carboxylic acids is 1. The molecule has 118 valence electrons. The fourth-order valence-corrected chi connectivity index (χ4v) is 2.84. The quantitative estimate of drug-likeness (QED) is 0.755. The Labute approximate surface area is 123 Å². The normalized spacial score (nSPS) is 26.3. The molecule has 0 aromatic heterocycles. The van der Waals surface area contributed by atoms with Gasteiger partial charge in [-0.1, -0.05) is 33.6 Å². The Kier molecular flexibility index (Phi) is 7.52. The average Bonchev–Trinajstić information content (AvgIpc) is 2.35. The van der Waals surface area contributed by atoms with Gasteiger partial charge in [0, 0.05) is 6.54 Å². The van der Waals surface area contributed by atoms with Crippen LogP contribution in [-0.4, -0.2) is 35.9 Å². The number of amides is 1. The van der Waals surface area contributed by atoms with E-state index in [-0.39, 0.29) is 12.0 Å². The zero-order valence-electron chi connectivity index (χ0n) is 13.4. The van der Waals surface area contributed by atoms with Gasteiger partial charge in [0.2, 0.25) is 5.91 Å². The van der Waals surface area contributed by atoms with Gasteiger partial charge >= 0.3 is 0 Å². The molecule has 1 amide bonds. The second-order valence-corrected chi connectivity index (χ2v) is 6.70. The lowest BCUT2D eigenvalue weighted by atomic mass is 9.88. The van der Waals surface area contributed by atoms with Crippen LogP contribution in [-0.2, 0) is 9.53 Å². The molecule has 0 radical (unpaired) electrons. The van der Waals surface area contributed by atoms with Crippen molar-refractivity contribution in [3.8, 4) is 0 Å². The minimum atomic E-state index is -0.471. The van der Waals surface area contributed by atoms with E-state index in [4.69, 9.17) is 4.74 Å². The Morgan fingerprint density at radius 2 is 2.05 bits per heavy atom. The van der Waals surface area contributed by atoms with Crippen LogP contribution < -0.4 is 5.32 Å². The number of nitrogens with one attached hydrogen (secondary N) is 1. The molecule has 0 aliphatic heterocycles. The van der Waals surface area contributed by atoms with Gasteiger partial charge in [0.1, 0.15) is 6.10 Å². The van der Waals surface area contributed by atoms with Crippen molar-refractivity contribution in [2.75, 3.05) is 6.54 Å². The van der Waals surface area contributed by atoms with E-state index in [0.29, 0.717) is 24.8 Å². The number of aliphatic hydroxyl groups is 1. The van der Waals surface area contributed by atoms with Crippen molar-refractivity contribution in [3.63, 3.8) is 0 Å². The molecule has 0 heterocycles. The third kappa shape index (κ3) is 6.71. The molecule has 1 aliphatic carbocycles. The van der Waals surface area contributed by atoms with Crippen LogP contribution in [0.1, 0.15) is 59.8 Å². The molecule has 4 unspecified atom stereocenters. The number of carbonyl (C=O) groups is 1. The third-order valence-electron chi connectivity index (χ3n) is 3.91. The maximum atomic E-state index is 11.9. The van der Waals surface area contributed by atoms with E-state index in [9.17, 15) is 9.90 Å². The van der Waals surface area contributed by atoms with Gasteiger partial charge in [-0.3, -0.25) is 4.79 Å². The SMILES string of the molecule is CC(C)CC(O)CNC(=O)C(C)OC1CCCC(C)C1. The summed E-state index contributed by atoms with van der Waals surface area (Å²) in [4.78, 5) is 11.9. The van der Waals surface area contributed by atoms with Gasteiger partial charge in [0.05, 0.1) is 12.2 Å². The van der Waals surface area contributed by atoms with Crippen LogP contribution in [0.2, 0.25) is 0 Å². The molecule has 1 rings (SSSR count). The predicted molar refractivity (Wildman–Crippen MR) is 80.4 cm³/mol. The highest BCUT2D eigenvalue weighted by molar-refractivity contribution is 5.80. The molecule has 20 heavy (non-hydrogen) atoms. The van der Waals surface area contributed by atoms with Crippen molar-refractivity contribution in [3.05, 3.63) is 0 Å². The molecule has 0 saturated heterocycles. The van der Waals surface area contributed by atoms with Gasteiger partial charge in [-0.05, 0) is 38.0 Å². The predicted octanol–water partition coefficient (Wildman–Crippen LogP) is 2.49. The van der Waals surface area contributed by atoms with Gasteiger partial charge in [0.25, 0.3) is 0 Å². The summed E-state index contributed by atoms with van der Waals surface area (Å²) in [5.74, 6) is 1.00. The van der Waals surface area contributed by atoms with Gasteiger partial charge < -0.3 is 15.2 Å². The van der Waals surface area contributed by atoms with Crippen molar-refractivity contribution in [2.24, 2.45) is 11.8 Å². The lowest BCUT2D eigenvalue weighted by Crippen LogP contribution is -2.41. The Hall–Kier alpha value is -0.610. The first-order chi connectivity index (χ1) is 9.38. The summed E-state index contributed by atoms with van der Waals surface area (Å²) >= 11 is 0. The first kappa shape index (κ1) is 17.4. The Balaban J connectivity index is 2.24. The topological polar surface area (TPSA) is 58.6 Å². The summed E-state index contributed by atoms with van der Waals surface area (Å²) in [5, 5.41) is 12.5. The molecule has 0 spiro atoms. The van der Waals surface area contributed by atoms with Crippen LogP contribution in [0.4, 0.5) is 0 Å². The molecule has 1 saturated carbocycles. The Morgan fingerprint density at radius 3 is 2.65 bits per heavy atom. The van der Waals surface area contributed by atoms with E-state index in [1.54, 1.807) is 6.92 Å². The summed E-state index contributed by atoms with van der Waals surface area (Å²) in [7, 11) is 0. The van der Waals surface area contributed by atoms with Crippen molar-refractivity contribution >= 4 is 5.91 Å². The highest BCUT2D eigenvalue weighted by atomic mass is 16.5. The molecule has 2 N–H and O–H groups in total. The molecule has 4 heteroatoms. The summed E-state index contributed by atoms with van der Waals surface area (Å²) in [6.07, 6.45) is 4.56. The first-order valence-corrected chi connectivity index (χ1v) is 7.99. The minimum absolute atomic E-state index is 0.119. The minimum Gasteiger partial charge on any atom is -0.391 e. The maximum absolute atomic E-state index is 11.9. The van der Waals surface area contributed by atoms with Gasteiger partial charge in [-0.15, -0.1) is 0 Å². The van der Waals surface area contributed by atoms with Crippen molar-refractivity contribution in [1.29, 1.82) is 0 Å². The monoisotopic (exact) mass is 285 g/mol. The van der Waals surface area contributed by atoms with Crippen LogP contribution in [0, 0.1) is 11.8 Å². The summed E-state index contributed by atoms with van der Waals surface area (Å²) in [5.41, 5.74) is 0. The highest BCUT2D eigenvalue weighted by Crippen LogP contribution is 2.26. The standard InChI is InChI=1S/C16H31NO3/c1-11(2)8-14(18)10-17-16(19)13(4)20-15-7-5-6-12(3)9-15/h11-15,18H,5-10H2,1-4H3,(H,17,19). The van der Waals surface area contributed by atoms with E-state index in [0.717, 1.165) is 12.8 Å². The molecule has 0 bridgehead atoms. The van der Waals surface area contributed by atoms with Crippen LogP contribution >= 0.6 is 0 Å². The molecule has 1 fully saturated rings. The Morgan fingerprint density at radius 1 is 1.35 bits per heavy atom. The number of hydrogen-bond acceptors (Lipinski definition) is 3. The zero-order chi connectivity index (χ0) is 15.1. The fourth-order valence-electron chi connectivity index (χ4n) is 2.84. The Bertz CT molecular complexity index is 293. The van der Waals surface area contributed by atoms with Gasteiger partial charge in [-0.25, -0.2) is 0 Å². The lowest BCUT2D eigenvalue weighted by molar-refractivity contribution is -0.137. The van der Waals surface area contributed by atoms with Crippen molar-refractivity contribution in [2.45, 2.75) is 78.1 Å². The zero-order valence-corrected chi connectivity index (χ0v) is 13.4.